The van der Waals surface area contributed by atoms with Crippen LogP contribution in [-0.4, -0.2) is 28.1 Å². The monoisotopic (exact) mass is 294 g/mol. The normalized spacial score (nSPS) is 16.3. The zero-order valence-electron chi connectivity index (χ0n) is 10.3. The molecule has 0 atom stereocenters. The van der Waals surface area contributed by atoms with E-state index in [-0.39, 0.29) is 24.5 Å². The first-order valence-electron chi connectivity index (χ1n) is 6.11. The summed E-state index contributed by atoms with van der Waals surface area (Å²) in [6.45, 7) is 0.0241. The van der Waals surface area contributed by atoms with Gasteiger partial charge in [0.15, 0.2) is 0 Å². The van der Waals surface area contributed by atoms with E-state index in [1.165, 1.54) is 0 Å². The lowest BCUT2D eigenvalue weighted by molar-refractivity contribution is -0.121. The average molecular weight is 294 g/mol. The van der Waals surface area contributed by atoms with Crippen LogP contribution < -0.4 is 5.32 Å². The summed E-state index contributed by atoms with van der Waals surface area (Å²) in [5.74, 6) is -0.0606. The maximum atomic E-state index is 11.9. The van der Waals surface area contributed by atoms with Crippen LogP contribution in [0.1, 0.15) is 18.5 Å². The summed E-state index contributed by atoms with van der Waals surface area (Å²) >= 11 is 3.20. The smallest absolute Gasteiger partial charge is 0.226 e. The third-order valence-electron chi connectivity index (χ3n) is 3.19. The number of aliphatic hydroxyl groups excluding tert-OH is 1. The van der Waals surface area contributed by atoms with Crippen molar-refractivity contribution in [2.45, 2.75) is 24.8 Å². The Bertz CT molecular complexity index is 573. The van der Waals surface area contributed by atoms with Gasteiger partial charge in [-0.15, -0.1) is 22.7 Å². The Kier molecular flexibility index (Phi) is 3.38. The molecule has 100 valence electrons. The van der Waals surface area contributed by atoms with Gasteiger partial charge in [-0.05, 0) is 24.3 Å². The first-order chi connectivity index (χ1) is 9.21. The van der Waals surface area contributed by atoms with E-state index >= 15 is 0 Å². The van der Waals surface area contributed by atoms with E-state index in [0.717, 1.165) is 28.4 Å². The maximum Gasteiger partial charge on any atom is 0.226 e. The Morgan fingerprint density at radius 1 is 1.47 bits per heavy atom. The van der Waals surface area contributed by atoms with Crippen LogP contribution >= 0.6 is 22.7 Å². The van der Waals surface area contributed by atoms with E-state index in [9.17, 15) is 9.90 Å². The number of hydrogen-bond acceptors (Lipinski definition) is 5. The number of carbonyl (C=O) groups excluding carboxylic acids is 1. The molecule has 4 nitrogen and oxygen atoms in total. The topological polar surface area (TPSA) is 62.2 Å². The molecule has 1 amide bonds. The number of thiazole rings is 1. The molecule has 19 heavy (non-hydrogen) atoms. The third-order valence-corrected chi connectivity index (χ3v) is 5.12. The van der Waals surface area contributed by atoms with Crippen molar-refractivity contribution in [1.29, 1.82) is 0 Å². The number of rotatable bonds is 5. The molecule has 1 fully saturated rings. The van der Waals surface area contributed by atoms with Gasteiger partial charge in [-0.3, -0.25) is 4.79 Å². The minimum absolute atomic E-state index is 0.0241. The Morgan fingerprint density at radius 3 is 2.95 bits per heavy atom. The van der Waals surface area contributed by atoms with E-state index in [1.54, 1.807) is 22.7 Å². The number of thiophene rings is 1. The standard InChI is InChI=1S/C13H14N2O2S2/c16-8-13(3-4-13)15-11(17)6-9-7-19-12(14-9)10-2-1-5-18-10/h1-2,5,7,16H,3-4,6,8H2,(H,15,17). The SMILES string of the molecule is O=C(Cc1csc(-c2cccs2)n1)NC1(CO)CC1. The van der Waals surface area contributed by atoms with Gasteiger partial charge in [0, 0.05) is 5.38 Å². The zero-order chi connectivity index (χ0) is 13.3. The number of hydrogen-bond donors (Lipinski definition) is 2. The first kappa shape index (κ1) is 12.8. The highest BCUT2D eigenvalue weighted by Gasteiger charge is 2.43. The van der Waals surface area contributed by atoms with Crippen LogP contribution in [0, 0.1) is 0 Å². The van der Waals surface area contributed by atoms with Crippen LogP contribution in [-0.2, 0) is 11.2 Å². The molecule has 0 saturated heterocycles. The second-order valence-electron chi connectivity index (χ2n) is 4.78. The highest BCUT2D eigenvalue weighted by molar-refractivity contribution is 7.20. The molecule has 0 aromatic carbocycles. The maximum absolute atomic E-state index is 11.9. The van der Waals surface area contributed by atoms with E-state index in [4.69, 9.17) is 0 Å². The van der Waals surface area contributed by atoms with Crippen LogP contribution in [0.25, 0.3) is 9.88 Å². The zero-order valence-corrected chi connectivity index (χ0v) is 11.9. The molecule has 0 radical (unpaired) electrons. The van der Waals surface area contributed by atoms with Gasteiger partial charge in [-0.25, -0.2) is 4.98 Å². The Hall–Kier alpha value is -1.24. The number of aromatic nitrogens is 1. The molecule has 2 heterocycles. The van der Waals surface area contributed by atoms with Crippen molar-refractivity contribution in [2.75, 3.05) is 6.61 Å². The fourth-order valence-corrected chi connectivity index (χ4v) is 3.51. The third kappa shape index (κ3) is 2.86. The molecule has 0 bridgehead atoms. The van der Waals surface area contributed by atoms with Gasteiger partial charge >= 0.3 is 0 Å². The number of nitrogens with one attached hydrogen (secondary N) is 1. The van der Waals surface area contributed by atoms with Crippen LogP contribution in [0.15, 0.2) is 22.9 Å². The first-order valence-corrected chi connectivity index (χ1v) is 7.87. The Balaban J connectivity index is 1.63. The number of carbonyl (C=O) groups is 1. The van der Waals surface area contributed by atoms with Gasteiger partial charge in [-0.1, -0.05) is 6.07 Å². The minimum Gasteiger partial charge on any atom is -0.394 e. The molecule has 2 N–H and O–H groups in total. The van der Waals surface area contributed by atoms with E-state index in [0.29, 0.717) is 0 Å². The molecule has 3 rings (SSSR count). The van der Waals surface area contributed by atoms with Gasteiger partial charge in [0.05, 0.1) is 29.1 Å². The summed E-state index contributed by atoms with van der Waals surface area (Å²) in [5.41, 5.74) is 0.448. The van der Waals surface area contributed by atoms with Crippen molar-refractivity contribution in [1.82, 2.24) is 10.3 Å². The lowest BCUT2D eigenvalue weighted by Gasteiger charge is -2.13. The second-order valence-corrected chi connectivity index (χ2v) is 6.59. The molecule has 1 aliphatic rings. The predicted molar refractivity (Wildman–Crippen MR) is 76.3 cm³/mol. The molecule has 2 aromatic rings. The molecular weight excluding hydrogens is 280 g/mol. The molecule has 6 heteroatoms. The molecule has 1 saturated carbocycles. The van der Waals surface area contributed by atoms with Crippen molar-refractivity contribution in [2.24, 2.45) is 0 Å². The lowest BCUT2D eigenvalue weighted by atomic mass is 10.2. The summed E-state index contributed by atoms with van der Waals surface area (Å²) in [6, 6.07) is 4.02. The van der Waals surface area contributed by atoms with E-state index in [1.807, 2.05) is 22.9 Å². The van der Waals surface area contributed by atoms with E-state index < -0.39 is 0 Å². The predicted octanol–water partition coefficient (Wildman–Crippen LogP) is 2.06. The molecule has 0 unspecified atom stereocenters. The average Bonchev–Trinajstić information content (AvgIpc) is 2.85. The van der Waals surface area contributed by atoms with Crippen LogP contribution in [0.5, 0.6) is 0 Å². The minimum atomic E-state index is -0.344. The van der Waals surface area contributed by atoms with Crippen molar-refractivity contribution in [3.63, 3.8) is 0 Å². The summed E-state index contributed by atoms with van der Waals surface area (Å²) in [7, 11) is 0. The molecule has 0 aliphatic heterocycles. The fourth-order valence-electron chi connectivity index (χ4n) is 1.88. The number of aliphatic hydroxyl groups is 1. The van der Waals surface area contributed by atoms with Gasteiger partial charge in [0.1, 0.15) is 5.01 Å². The van der Waals surface area contributed by atoms with Crippen molar-refractivity contribution in [3.05, 3.63) is 28.6 Å². The van der Waals surface area contributed by atoms with Gasteiger partial charge in [-0.2, -0.15) is 0 Å². The highest BCUT2D eigenvalue weighted by atomic mass is 32.1. The van der Waals surface area contributed by atoms with Crippen LogP contribution in [0.2, 0.25) is 0 Å². The fraction of sp³-hybridized carbons (Fsp3) is 0.385. The highest BCUT2D eigenvalue weighted by Crippen LogP contribution is 2.34. The van der Waals surface area contributed by atoms with Gasteiger partial charge in [0.25, 0.3) is 0 Å². The van der Waals surface area contributed by atoms with Gasteiger partial charge < -0.3 is 10.4 Å². The number of nitrogens with zero attached hydrogens (tertiary/aromatic N) is 1. The Morgan fingerprint density at radius 2 is 2.32 bits per heavy atom. The van der Waals surface area contributed by atoms with Gasteiger partial charge in [0.2, 0.25) is 5.91 Å². The number of amides is 1. The van der Waals surface area contributed by atoms with Crippen molar-refractivity contribution >= 4 is 28.6 Å². The summed E-state index contributed by atoms with van der Waals surface area (Å²) in [6.07, 6.45) is 2.02. The Labute approximate surface area is 119 Å². The van der Waals surface area contributed by atoms with E-state index in [2.05, 4.69) is 10.3 Å². The molecular formula is C13H14N2O2S2. The lowest BCUT2D eigenvalue weighted by Crippen LogP contribution is -2.40. The van der Waals surface area contributed by atoms with Crippen molar-refractivity contribution < 1.29 is 9.90 Å². The molecule has 0 spiro atoms. The second kappa shape index (κ2) is 5.03. The summed E-state index contributed by atoms with van der Waals surface area (Å²) in [5, 5.41) is 17.0. The van der Waals surface area contributed by atoms with Crippen LogP contribution in [0.3, 0.4) is 0 Å². The largest absolute Gasteiger partial charge is 0.394 e. The summed E-state index contributed by atoms with van der Waals surface area (Å²) in [4.78, 5) is 17.5. The molecule has 2 aromatic heterocycles. The summed E-state index contributed by atoms with van der Waals surface area (Å²) < 4.78 is 0. The van der Waals surface area contributed by atoms with Crippen LogP contribution in [0.4, 0.5) is 0 Å². The van der Waals surface area contributed by atoms with Crippen molar-refractivity contribution in [3.8, 4) is 9.88 Å². The molecule has 1 aliphatic carbocycles. The quantitative estimate of drug-likeness (QED) is 0.887.